The van der Waals surface area contributed by atoms with E-state index in [2.05, 4.69) is 15.0 Å². The third-order valence-electron chi connectivity index (χ3n) is 4.84. The maximum absolute atomic E-state index is 13.0. The fourth-order valence-electron chi connectivity index (χ4n) is 3.28. The fraction of sp³-hybridized carbons (Fsp3) is 0.389. The van der Waals surface area contributed by atoms with E-state index in [0.717, 1.165) is 11.5 Å². The number of nitrogens with zero attached hydrogens (tertiary/aromatic N) is 5. The van der Waals surface area contributed by atoms with Crippen LogP contribution >= 0.6 is 0 Å². The van der Waals surface area contributed by atoms with Gasteiger partial charge in [-0.2, -0.15) is 9.29 Å². The van der Waals surface area contributed by atoms with Crippen molar-refractivity contribution in [3.63, 3.8) is 0 Å². The number of hydrogen-bond donors (Lipinski definition) is 1. The standard InChI is InChI=1S/C18H22N6O4S/c1-12-10-16(22(2)3)21-17(19-12)23-6-8-24(9-7-23)29(26,27)13-4-5-15-14(11-13)20-18(25)28-15/h4-5,10-11H,6-9H2,1-3H3,(H,20,25). The summed E-state index contributed by atoms with van der Waals surface area (Å²) in [4.78, 5) is 26.9. The summed E-state index contributed by atoms with van der Waals surface area (Å²) in [5.41, 5.74) is 1.54. The highest BCUT2D eigenvalue weighted by molar-refractivity contribution is 7.89. The van der Waals surface area contributed by atoms with Crippen molar-refractivity contribution in [2.75, 3.05) is 50.1 Å². The van der Waals surface area contributed by atoms with Gasteiger partial charge in [0.2, 0.25) is 16.0 Å². The van der Waals surface area contributed by atoms with Crippen LogP contribution in [0, 0.1) is 6.92 Å². The lowest BCUT2D eigenvalue weighted by Crippen LogP contribution is -2.49. The maximum Gasteiger partial charge on any atom is 0.417 e. The molecule has 1 aliphatic rings. The Morgan fingerprint density at radius 1 is 1.10 bits per heavy atom. The molecular formula is C18H22N6O4S. The van der Waals surface area contributed by atoms with E-state index in [1.165, 1.54) is 22.5 Å². The molecule has 0 unspecified atom stereocenters. The van der Waals surface area contributed by atoms with Crippen molar-refractivity contribution in [1.29, 1.82) is 0 Å². The second kappa shape index (κ2) is 7.16. The minimum Gasteiger partial charge on any atom is -0.408 e. The Labute approximate surface area is 167 Å². The molecule has 0 bridgehead atoms. The number of aromatic amines is 1. The van der Waals surface area contributed by atoms with E-state index in [-0.39, 0.29) is 4.90 Å². The van der Waals surface area contributed by atoms with Gasteiger partial charge in [-0.1, -0.05) is 0 Å². The zero-order valence-electron chi connectivity index (χ0n) is 16.4. The van der Waals surface area contributed by atoms with Gasteiger partial charge in [0.15, 0.2) is 5.58 Å². The quantitative estimate of drug-likeness (QED) is 0.661. The van der Waals surface area contributed by atoms with Crippen LogP contribution in [-0.2, 0) is 10.0 Å². The number of anilines is 2. The Hall–Kier alpha value is -2.92. The number of sulfonamides is 1. The predicted molar refractivity (Wildman–Crippen MR) is 109 cm³/mol. The van der Waals surface area contributed by atoms with Crippen molar-refractivity contribution in [2.45, 2.75) is 11.8 Å². The summed E-state index contributed by atoms with van der Waals surface area (Å²) >= 11 is 0. The molecule has 0 amide bonds. The second-order valence-electron chi connectivity index (χ2n) is 7.13. The van der Waals surface area contributed by atoms with Crippen LogP contribution < -0.4 is 15.6 Å². The van der Waals surface area contributed by atoms with Gasteiger partial charge in [0.25, 0.3) is 0 Å². The van der Waals surface area contributed by atoms with Crippen LogP contribution in [0.1, 0.15) is 5.69 Å². The molecule has 3 heterocycles. The molecule has 1 aliphatic heterocycles. The lowest BCUT2D eigenvalue weighted by atomic mass is 10.3. The minimum atomic E-state index is -3.69. The molecule has 29 heavy (non-hydrogen) atoms. The van der Waals surface area contributed by atoms with Gasteiger partial charge in [0.05, 0.1) is 10.4 Å². The SMILES string of the molecule is Cc1cc(N(C)C)nc(N2CCN(S(=O)(=O)c3ccc4oc(=O)[nH]c4c3)CC2)n1. The summed E-state index contributed by atoms with van der Waals surface area (Å²) in [5.74, 6) is 0.798. The molecule has 10 nitrogen and oxygen atoms in total. The number of H-pyrrole nitrogens is 1. The van der Waals surface area contributed by atoms with Crippen LogP contribution in [0.15, 0.2) is 38.4 Å². The zero-order chi connectivity index (χ0) is 20.8. The first-order chi connectivity index (χ1) is 13.7. The number of rotatable bonds is 4. The number of aryl methyl sites for hydroxylation is 1. The monoisotopic (exact) mass is 418 g/mol. The van der Waals surface area contributed by atoms with E-state index in [1.54, 1.807) is 0 Å². The van der Waals surface area contributed by atoms with E-state index in [9.17, 15) is 13.2 Å². The summed E-state index contributed by atoms with van der Waals surface area (Å²) in [5, 5.41) is 0. The molecular weight excluding hydrogens is 396 g/mol. The van der Waals surface area contributed by atoms with Crippen molar-refractivity contribution < 1.29 is 12.8 Å². The van der Waals surface area contributed by atoms with E-state index >= 15 is 0 Å². The fourth-order valence-corrected chi connectivity index (χ4v) is 4.73. The molecule has 0 atom stereocenters. The summed E-state index contributed by atoms with van der Waals surface area (Å²) in [6.45, 7) is 3.52. The summed E-state index contributed by atoms with van der Waals surface area (Å²) in [6.07, 6.45) is 0. The first-order valence-electron chi connectivity index (χ1n) is 9.15. The first kappa shape index (κ1) is 19.4. The Balaban J connectivity index is 1.53. The van der Waals surface area contributed by atoms with E-state index in [1.807, 2.05) is 36.9 Å². The number of hydrogen-bond acceptors (Lipinski definition) is 8. The third-order valence-corrected chi connectivity index (χ3v) is 6.73. The zero-order valence-corrected chi connectivity index (χ0v) is 17.2. The molecule has 1 fully saturated rings. The highest BCUT2D eigenvalue weighted by Gasteiger charge is 2.30. The van der Waals surface area contributed by atoms with Gasteiger partial charge in [-0.05, 0) is 25.1 Å². The van der Waals surface area contributed by atoms with Crippen LogP contribution in [0.3, 0.4) is 0 Å². The van der Waals surface area contributed by atoms with Crippen LogP contribution in [0.25, 0.3) is 11.1 Å². The van der Waals surface area contributed by atoms with Crippen molar-refractivity contribution in [2.24, 2.45) is 0 Å². The average Bonchev–Trinajstić information content (AvgIpc) is 3.06. The van der Waals surface area contributed by atoms with Crippen LogP contribution in [0.2, 0.25) is 0 Å². The Morgan fingerprint density at radius 3 is 2.52 bits per heavy atom. The number of oxazole rings is 1. The van der Waals surface area contributed by atoms with Crippen molar-refractivity contribution in [1.82, 2.24) is 19.3 Å². The van der Waals surface area contributed by atoms with Gasteiger partial charge in [-0.15, -0.1) is 0 Å². The van der Waals surface area contributed by atoms with Gasteiger partial charge >= 0.3 is 5.76 Å². The molecule has 11 heteroatoms. The molecule has 0 spiro atoms. The number of piperazine rings is 1. The predicted octanol–water partition coefficient (Wildman–Crippen LogP) is 0.796. The molecule has 154 valence electrons. The normalized spacial score (nSPS) is 15.8. The van der Waals surface area contributed by atoms with E-state index in [0.29, 0.717) is 43.2 Å². The first-order valence-corrected chi connectivity index (χ1v) is 10.6. The Morgan fingerprint density at radius 2 is 1.83 bits per heavy atom. The smallest absolute Gasteiger partial charge is 0.408 e. The van der Waals surface area contributed by atoms with Crippen LogP contribution in [0.4, 0.5) is 11.8 Å². The number of fused-ring (bicyclic) bond motifs is 1. The second-order valence-corrected chi connectivity index (χ2v) is 9.06. The third kappa shape index (κ3) is 3.70. The van der Waals surface area contributed by atoms with Gasteiger partial charge in [-0.3, -0.25) is 4.98 Å². The number of aromatic nitrogens is 3. The Bertz CT molecular complexity index is 1210. The number of benzene rings is 1. The minimum absolute atomic E-state index is 0.122. The van der Waals surface area contributed by atoms with Crippen LogP contribution in [0.5, 0.6) is 0 Å². The van der Waals surface area contributed by atoms with Gasteiger partial charge in [-0.25, -0.2) is 18.2 Å². The van der Waals surface area contributed by atoms with Crippen molar-refractivity contribution in [3.8, 4) is 0 Å². The molecule has 3 aromatic rings. The Kier molecular flexibility index (Phi) is 4.79. The molecule has 1 N–H and O–H groups in total. The maximum atomic E-state index is 13.0. The summed E-state index contributed by atoms with van der Waals surface area (Å²) in [6, 6.07) is 6.27. The molecule has 0 radical (unpaired) electrons. The average molecular weight is 418 g/mol. The lowest BCUT2D eigenvalue weighted by Gasteiger charge is -2.34. The lowest BCUT2D eigenvalue weighted by molar-refractivity contribution is 0.382. The molecule has 4 rings (SSSR count). The van der Waals surface area contributed by atoms with Gasteiger partial charge in [0, 0.05) is 52.0 Å². The summed E-state index contributed by atoms with van der Waals surface area (Å²) < 4.78 is 32.4. The number of nitrogens with one attached hydrogen (secondary N) is 1. The van der Waals surface area contributed by atoms with Gasteiger partial charge < -0.3 is 14.2 Å². The molecule has 2 aromatic heterocycles. The topological polar surface area (TPSA) is 116 Å². The summed E-state index contributed by atoms with van der Waals surface area (Å²) in [7, 11) is 0.148. The van der Waals surface area contributed by atoms with Gasteiger partial charge in [0.1, 0.15) is 5.82 Å². The van der Waals surface area contributed by atoms with E-state index in [4.69, 9.17) is 4.42 Å². The molecule has 1 aromatic carbocycles. The van der Waals surface area contributed by atoms with Crippen molar-refractivity contribution in [3.05, 3.63) is 40.5 Å². The largest absolute Gasteiger partial charge is 0.417 e. The molecule has 0 aliphatic carbocycles. The van der Waals surface area contributed by atoms with Crippen LogP contribution in [-0.4, -0.2) is 67.9 Å². The highest BCUT2D eigenvalue weighted by atomic mass is 32.2. The van der Waals surface area contributed by atoms with E-state index < -0.39 is 15.8 Å². The molecule has 1 saturated heterocycles. The molecule has 0 saturated carbocycles. The van der Waals surface area contributed by atoms with Crippen molar-refractivity contribution >= 4 is 32.9 Å². The highest BCUT2D eigenvalue weighted by Crippen LogP contribution is 2.23.